The van der Waals surface area contributed by atoms with E-state index in [9.17, 15) is 9.59 Å². The fourth-order valence-electron chi connectivity index (χ4n) is 2.54. The van der Waals surface area contributed by atoms with Gasteiger partial charge in [-0.3, -0.25) is 9.59 Å². The maximum atomic E-state index is 12.7. The first-order chi connectivity index (χ1) is 11.1. The molecule has 0 radical (unpaired) electrons. The molecule has 0 fully saturated rings. The lowest BCUT2D eigenvalue weighted by Crippen LogP contribution is -2.25. The molecule has 0 bridgehead atoms. The summed E-state index contributed by atoms with van der Waals surface area (Å²) in [7, 11) is 1.71. The molecule has 2 aromatic rings. The van der Waals surface area contributed by atoms with Crippen molar-refractivity contribution in [1.82, 2.24) is 0 Å². The Kier molecular flexibility index (Phi) is 4.02. The van der Waals surface area contributed by atoms with Crippen molar-refractivity contribution in [2.24, 2.45) is 0 Å². The Morgan fingerprint density at radius 1 is 1.17 bits per heavy atom. The van der Waals surface area contributed by atoms with Gasteiger partial charge >= 0.3 is 0 Å². The first kappa shape index (κ1) is 15.1. The summed E-state index contributed by atoms with van der Waals surface area (Å²) in [5.41, 5.74) is 1.74. The number of amides is 2. The SMILES string of the molecule is CCCC(=O)Nc1ccc2c(c1)C(=O)N(C)c1ccccc1O2. The lowest BCUT2D eigenvalue weighted by atomic mass is 10.1. The molecule has 1 aliphatic rings. The van der Waals surface area contributed by atoms with Gasteiger partial charge in [-0.25, -0.2) is 0 Å². The molecule has 2 aromatic carbocycles. The summed E-state index contributed by atoms with van der Waals surface area (Å²) in [5.74, 6) is 0.882. The minimum atomic E-state index is -0.170. The standard InChI is InChI=1S/C18H18N2O3/c1-3-6-17(21)19-12-9-10-15-13(11-12)18(22)20(2)14-7-4-5-8-16(14)23-15/h4-5,7-11H,3,6H2,1-2H3,(H,19,21). The number of para-hydroxylation sites is 2. The first-order valence-electron chi connectivity index (χ1n) is 7.59. The van der Waals surface area contributed by atoms with Crippen molar-refractivity contribution in [3.8, 4) is 11.5 Å². The van der Waals surface area contributed by atoms with Crippen molar-refractivity contribution in [2.45, 2.75) is 19.8 Å². The van der Waals surface area contributed by atoms with Gasteiger partial charge in [-0.05, 0) is 36.8 Å². The van der Waals surface area contributed by atoms with Crippen LogP contribution in [0.1, 0.15) is 30.1 Å². The van der Waals surface area contributed by atoms with Gasteiger partial charge in [-0.1, -0.05) is 19.1 Å². The second kappa shape index (κ2) is 6.12. The molecule has 2 amide bonds. The molecular weight excluding hydrogens is 292 g/mol. The highest BCUT2D eigenvalue weighted by molar-refractivity contribution is 6.10. The van der Waals surface area contributed by atoms with E-state index >= 15 is 0 Å². The highest BCUT2D eigenvalue weighted by Crippen LogP contribution is 2.38. The summed E-state index contributed by atoms with van der Waals surface area (Å²) in [6.45, 7) is 1.94. The van der Waals surface area contributed by atoms with Gasteiger partial charge in [0.1, 0.15) is 5.75 Å². The van der Waals surface area contributed by atoms with Crippen LogP contribution in [-0.2, 0) is 4.79 Å². The summed E-state index contributed by atoms with van der Waals surface area (Å²) >= 11 is 0. The third kappa shape index (κ3) is 2.90. The number of fused-ring (bicyclic) bond motifs is 2. The maximum Gasteiger partial charge on any atom is 0.261 e. The fourth-order valence-corrected chi connectivity index (χ4v) is 2.54. The molecule has 1 N–H and O–H groups in total. The van der Waals surface area contributed by atoms with E-state index in [1.54, 1.807) is 30.1 Å². The van der Waals surface area contributed by atoms with Gasteiger partial charge in [-0.2, -0.15) is 0 Å². The van der Waals surface area contributed by atoms with Crippen molar-refractivity contribution in [1.29, 1.82) is 0 Å². The highest BCUT2D eigenvalue weighted by atomic mass is 16.5. The van der Waals surface area contributed by atoms with E-state index in [0.717, 1.165) is 6.42 Å². The maximum absolute atomic E-state index is 12.7. The van der Waals surface area contributed by atoms with Gasteiger partial charge in [-0.15, -0.1) is 0 Å². The van der Waals surface area contributed by atoms with Crippen molar-refractivity contribution < 1.29 is 14.3 Å². The molecule has 5 heteroatoms. The molecule has 0 saturated carbocycles. The van der Waals surface area contributed by atoms with Crippen molar-refractivity contribution in [2.75, 3.05) is 17.3 Å². The van der Waals surface area contributed by atoms with Gasteiger partial charge in [0.25, 0.3) is 5.91 Å². The summed E-state index contributed by atoms with van der Waals surface area (Å²) in [6.07, 6.45) is 1.23. The predicted molar refractivity (Wildman–Crippen MR) is 89.2 cm³/mol. The molecule has 0 spiro atoms. The number of anilines is 2. The highest BCUT2D eigenvalue weighted by Gasteiger charge is 2.25. The van der Waals surface area contributed by atoms with Crippen LogP contribution in [0.5, 0.6) is 11.5 Å². The zero-order valence-corrected chi connectivity index (χ0v) is 13.1. The summed E-state index contributed by atoms with van der Waals surface area (Å²) in [4.78, 5) is 26.0. The molecule has 0 atom stereocenters. The minimum Gasteiger partial charge on any atom is -0.454 e. The largest absolute Gasteiger partial charge is 0.454 e. The smallest absolute Gasteiger partial charge is 0.261 e. The first-order valence-corrected chi connectivity index (χ1v) is 7.59. The van der Waals surface area contributed by atoms with E-state index in [4.69, 9.17) is 4.74 Å². The van der Waals surface area contributed by atoms with Crippen LogP contribution in [-0.4, -0.2) is 18.9 Å². The van der Waals surface area contributed by atoms with Gasteiger partial charge in [0.05, 0.1) is 11.3 Å². The van der Waals surface area contributed by atoms with Crippen molar-refractivity contribution in [3.05, 3.63) is 48.0 Å². The van der Waals surface area contributed by atoms with Gasteiger partial charge in [0.15, 0.2) is 5.75 Å². The average molecular weight is 310 g/mol. The Balaban J connectivity index is 1.97. The van der Waals surface area contributed by atoms with Crippen LogP contribution in [0.15, 0.2) is 42.5 Å². The number of nitrogens with zero attached hydrogens (tertiary/aromatic N) is 1. The Morgan fingerprint density at radius 3 is 2.74 bits per heavy atom. The number of carbonyl (C=O) groups excluding carboxylic acids is 2. The molecule has 5 nitrogen and oxygen atoms in total. The van der Waals surface area contributed by atoms with Crippen LogP contribution in [0.25, 0.3) is 0 Å². The third-order valence-corrected chi connectivity index (χ3v) is 3.72. The molecule has 3 rings (SSSR count). The minimum absolute atomic E-state index is 0.0638. The quantitative estimate of drug-likeness (QED) is 0.938. The van der Waals surface area contributed by atoms with Crippen LogP contribution in [0.3, 0.4) is 0 Å². The monoisotopic (exact) mass is 310 g/mol. The van der Waals surface area contributed by atoms with E-state index in [0.29, 0.717) is 34.9 Å². The fraction of sp³-hybridized carbons (Fsp3) is 0.222. The van der Waals surface area contributed by atoms with Crippen molar-refractivity contribution in [3.63, 3.8) is 0 Å². The van der Waals surface area contributed by atoms with Gasteiger partial charge in [0, 0.05) is 19.2 Å². The number of carbonyl (C=O) groups is 2. The van der Waals surface area contributed by atoms with Crippen LogP contribution in [0, 0.1) is 0 Å². The van der Waals surface area contributed by atoms with Gasteiger partial charge in [0.2, 0.25) is 5.91 Å². The van der Waals surface area contributed by atoms with E-state index in [1.807, 2.05) is 31.2 Å². The molecule has 0 aromatic heterocycles. The molecule has 0 saturated heterocycles. The van der Waals surface area contributed by atoms with Crippen molar-refractivity contribution >= 4 is 23.2 Å². The lowest BCUT2D eigenvalue weighted by Gasteiger charge is -2.16. The number of ether oxygens (including phenoxy) is 1. The Labute approximate surface area is 134 Å². The van der Waals surface area contributed by atoms with Crippen LogP contribution in [0.4, 0.5) is 11.4 Å². The molecule has 1 aliphatic heterocycles. The number of rotatable bonds is 3. The van der Waals surface area contributed by atoms with Crippen LogP contribution >= 0.6 is 0 Å². The third-order valence-electron chi connectivity index (χ3n) is 3.72. The number of hydrogen-bond acceptors (Lipinski definition) is 3. The average Bonchev–Trinajstić information content (AvgIpc) is 2.65. The van der Waals surface area contributed by atoms with Gasteiger partial charge < -0.3 is 15.0 Å². The number of benzene rings is 2. The van der Waals surface area contributed by atoms with E-state index in [1.165, 1.54) is 0 Å². The van der Waals surface area contributed by atoms with Crippen LogP contribution < -0.4 is 15.0 Å². The van der Waals surface area contributed by atoms with E-state index in [-0.39, 0.29) is 11.8 Å². The summed E-state index contributed by atoms with van der Waals surface area (Å²) in [6, 6.07) is 12.5. The van der Waals surface area contributed by atoms with Crippen LogP contribution in [0.2, 0.25) is 0 Å². The lowest BCUT2D eigenvalue weighted by molar-refractivity contribution is -0.116. The summed E-state index contributed by atoms with van der Waals surface area (Å²) in [5, 5.41) is 2.80. The molecule has 0 aliphatic carbocycles. The molecule has 23 heavy (non-hydrogen) atoms. The molecule has 118 valence electrons. The Bertz CT molecular complexity index is 771. The zero-order chi connectivity index (χ0) is 16.4. The Morgan fingerprint density at radius 2 is 1.96 bits per heavy atom. The Hall–Kier alpha value is -2.82. The second-order valence-electron chi connectivity index (χ2n) is 5.44. The second-order valence-corrected chi connectivity index (χ2v) is 5.44. The number of nitrogens with one attached hydrogen (secondary N) is 1. The zero-order valence-electron chi connectivity index (χ0n) is 13.1. The predicted octanol–water partition coefficient (Wildman–Crippen LogP) is 3.81. The molecular formula is C18H18N2O3. The molecule has 0 unspecified atom stereocenters. The topological polar surface area (TPSA) is 58.6 Å². The van der Waals surface area contributed by atoms with E-state index < -0.39 is 0 Å². The molecule has 1 heterocycles. The van der Waals surface area contributed by atoms with E-state index in [2.05, 4.69) is 5.32 Å². The number of hydrogen-bond donors (Lipinski definition) is 1. The summed E-state index contributed by atoms with van der Waals surface area (Å²) < 4.78 is 5.88. The normalized spacial score (nSPS) is 12.8.